The van der Waals surface area contributed by atoms with Crippen LogP contribution in [-0.2, 0) is 15.0 Å². The van der Waals surface area contributed by atoms with Gasteiger partial charge in [-0.25, -0.2) is 0 Å². The Hall–Kier alpha value is -2.67. The number of anilines is 1. The average molecular weight is 469 g/mol. The summed E-state index contributed by atoms with van der Waals surface area (Å²) < 4.78 is 11.4. The molecule has 33 heavy (non-hydrogen) atoms. The van der Waals surface area contributed by atoms with Crippen LogP contribution in [0, 0.1) is 6.92 Å². The molecule has 1 aliphatic heterocycles. The lowest BCUT2D eigenvalue weighted by molar-refractivity contribution is -0.120. The molecule has 0 bridgehead atoms. The van der Waals surface area contributed by atoms with Crippen LogP contribution in [0.15, 0.2) is 42.5 Å². The zero-order chi connectivity index (χ0) is 23.3. The van der Waals surface area contributed by atoms with Crippen molar-refractivity contribution in [1.29, 1.82) is 0 Å². The predicted octanol–water partition coefficient (Wildman–Crippen LogP) is 4.45. The SMILES string of the molecule is Cc1ccc(NC(=O)CSC(C)C(=O)NCC2(c3ccc4c(c3)OCCO4)CCCC2)cc1. The molecule has 2 aromatic carbocycles. The summed E-state index contributed by atoms with van der Waals surface area (Å²) in [5, 5.41) is 5.73. The highest BCUT2D eigenvalue weighted by Gasteiger charge is 2.37. The molecule has 7 heteroatoms. The number of carbonyl (C=O) groups is 2. The van der Waals surface area contributed by atoms with Crippen LogP contribution in [0.3, 0.4) is 0 Å². The number of rotatable bonds is 8. The lowest BCUT2D eigenvalue weighted by atomic mass is 9.78. The first kappa shape index (κ1) is 23.5. The number of aryl methyl sites for hydroxylation is 1. The van der Waals surface area contributed by atoms with Crippen molar-refractivity contribution >= 4 is 29.3 Å². The van der Waals surface area contributed by atoms with Crippen molar-refractivity contribution in [3.63, 3.8) is 0 Å². The molecular weight excluding hydrogens is 436 g/mol. The summed E-state index contributed by atoms with van der Waals surface area (Å²) in [5.41, 5.74) is 3.02. The largest absolute Gasteiger partial charge is 0.486 e. The van der Waals surface area contributed by atoms with Gasteiger partial charge in [-0.15, -0.1) is 11.8 Å². The zero-order valence-electron chi connectivity index (χ0n) is 19.3. The van der Waals surface area contributed by atoms with Crippen molar-refractivity contribution in [1.82, 2.24) is 5.32 Å². The minimum atomic E-state index is -0.313. The van der Waals surface area contributed by atoms with Crippen molar-refractivity contribution in [2.24, 2.45) is 0 Å². The molecule has 1 fully saturated rings. The maximum atomic E-state index is 12.8. The summed E-state index contributed by atoms with van der Waals surface area (Å²) in [6.45, 7) is 5.58. The highest BCUT2D eigenvalue weighted by Crippen LogP contribution is 2.43. The lowest BCUT2D eigenvalue weighted by Crippen LogP contribution is -2.42. The number of fused-ring (bicyclic) bond motifs is 1. The first-order chi connectivity index (χ1) is 15.9. The summed E-state index contributed by atoms with van der Waals surface area (Å²) in [4.78, 5) is 25.1. The molecular formula is C26H32N2O4S. The van der Waals surface area contributed by atoms with E-state index >= 15 is 0 Å². The molecule has 1 atom stereocenters. The van der Waals surface area contributed by atoms with E-state index in [9.17, 15) is 9.59 Å². The second kappa shape index (κ2) is 10.5. The molecule has 2 amide bonds. The van der Waals surface area contributed by atoms with Gasteiger partial charge in [0.15, 0.2) is 11.5 Å². The highest BCUT2D eigenvalue weighted by molar-refractivity contribution is 8.01. The summed E-state index contributed by atoms with van der Waals surface area (Å²) >= 11 is 1.35. The number of hydrogen-bond donors (Lipinski definition) is 2. The summed E-state index contributed by atoms with van der Waals surface area (Å²) in [7, 11) is 0. The first-order valence-electron chi connectivity index (χ1n) is 11.6. The molecule has 1 saturated carbocycles. The van der Waals surface area contributed by atoms with Crippen LogP contribution in [0.5, 0.6) is 11.5 Å². The Balaban J connectivity index is 1.30. The van der Waals surface area contributed by atoms with E-state index in [-0.39, 0.29) is 28.2 Å². The van der Waals surface area contributed by atoms with E-state index in [0.29, 0.717) is 19.8 Å². The van der Waals surface area contributed by atoms with E-state index in [4.69, 9.17) is 9.47 Å². The van der Waals surface area contributed by atoms with Gasteiger partial charge in [-0.05, 0) is 56.5 Å². The van der Waals surface area contributed by atoms with E-state index in [1.165, 1.54) is 17.3 Å². The van der Waals surface area contributed by atoms with Crippen LogP contribution in [0.2, 0.25) is 0 Å². The molecule has 0 spiro atoms. The number of benzene rings is 2. The molecule has 176 valence electrons. The van der Waals surface area contributed by atoms with Gasteiger partial charge in [-0.1, -0.05) is 36.6 Å². The van der Waals surface area contributed by atoms with Gasteiger partial charge in [-0.3, -0.25) is 9.59 Å². The van der Waals surface area contributed by atoms with Crippen molar-refractivity contribution in [2.75, 3.05) is 30.8 Å². The van der Waals surface area contributed by atoms with Crippen molar-refractivity contribution in [3.8, 4) is 11.5 Å². The summed E-state index contributed by atoms with van der Waals surface area (Å²) in [6.07, 6.45) is 4.36. The van der Waals surface area contributed by atoms with Crippen molar-refractivity contribution in [3.05, 3.63) is 53.6 Å². The fourth-order valence-corrected chi connectivity index (χ4v) is 5.21. The standard InChI is InChI=1S/C26H32N2O4S/c1-18-5-8-21(9-6-18)28-24(29)16-33-19(2)25(30)27-17-26(11-3-4-12-26)20-7-10-22-23(15-20)32-14-13-31-22/h5-10,15,19H,3-4,11-14,16-17H2,1-2H3,(H,27,30)(H,28,29). The van der Waals surface area contributed by atoms with Gasteiger partial charge in [0, 0.05) is 17.6 Å². The molecule has 4 rings (SSSR count). The molecule has 2 aliphatic rings. The molecule has 1 unspecified atom stereocenters. The van der Waals surface area contributed by atoms with Crippen LogP contribution in [0.1, 0.15) is 43.7 Å². The van der Waals surface area contributed by atoms with Crippen molar-refractivity contribution < 1.29 is 19.1 Å². The van der Waals surface area contributed by atoms with Gasteiger partial charge in [0.1, 0.15) is 13.2 Å². The topological polar surface area (TPSA) is 76.7 Å². The quantitative estimate of drug-likeness (QED) is 0.598. The maximum absolute atomic E-state index is 12.8. The second-order valence-electron chi connectivity index (χ2n) is 8.93. The number of ether oxygens (including phenoxy) is 2. The predicted molar refractivity (Wildman–Crippen MR) is 132 cm³/mol. The Labute approximate surface area is 199 Å². The van der Waals surface area contributed by atoms with Crippen LogP contribution in [0.25, 0.3) is 0 Å². The minimum Gasteiger partial charge on any atom is -0.486 e. The Bertz CT molecular complexity index is 986. The molecule has 2 aromatic rings. The highest BCUT2D eigenvalue weighted by atomic mass is 32.2. The van der Waals surface area contributed by atoms with E-state index in [2.05, 4.69) is 22.8 Å². The number of thioether (sulfide) groups is 1. The van der Waals surface area contributed by atoms with E-state index in [1.807, 2.05) is 44.2 Å². The number of carbonyl (C=O) groups excluding carboxylic acids is 2. The Kier molecular flexibility index (Phi) is 7.48. The molecule has 0 saturated heterocycles. The third-order valence-electron chi connectivity index (χ3n) is 6.49. The fourth-order valence-electron chi connectivity index (χ4n) is 4.50. The van der Waals surface area contributed by atoms with Crippen LogP contribution in [-0.4, -0.2) is 42.6 Å². The Morgan fingerprint density at radius 2 is 1.73 bits per heavy atom. The lowest BCUT2D eigenvalue weighted by Gasteiger charge is -2.31. The molecule has 1 aliphatic carbocycles. The van der Waals surface area contributed by atoms with Crippen molar-refractivity contribution in [2.45, 2.75) is 50.2 Å². The molecule has 1 heterocycles. The van der Waals surface area contributed by atoms with Crippen LogP contribution in [0.4, 0.5) is 5.69 Å². The number of hydrogen-bond acceptors (Lipinski definition) is 5. The molecule has 0 radical (unpaired) electrons. The first-order valence-corrected chi connectivity index (χ1v) is 12.7. The molecule has 6 nitrogen and oxygen atoms in total. The summed E-state index contributed by atoms with van der Waals surface area (Å²) in [5.74, 6) is 1.67. The minimum absolute atomic E-state index is 0.0352. The third-order valence-corrected chi connectivity index (χ3v) is 7.63. The monoisotopic (exact) mass is 468 g/mol. The van der Waals surface area contributed by atoms with E-state index in [1.54, 1.807) is 0 Å². The van der Waals surface area contributed by atoms with Crippen LogP contribution < -0.4 is 20.1 Å². The second-order valence-corrected chi connectivity index (χ2v) is 10.3. The van der Waals surface area contributed by atoms with Gasteiger partial charge in [0.2, 0.25) is 11.8 Å². The average Bonchev–Trinajstić information content (AvgIpc) is 3.32. The number of nitrogens with one attached hydrogen (secondary N) is 2. The van der Waals surface area contributed by atoms with E-state index in [0.717, 1.165) is 48.4 Å². The summed E-state index contributed by atoms with van der Waals surface area (Å²) in [6, 6.07) is 13.9. The van der Waals surface area contributed by atoms with Crippen LogP contribution >= 0.6 is 11.8 Å². The number of amides is 2. The van der Waals surface area contributed by atoms with E-state index < -0.39 is 0 Å². The zero-order valence-corrected chi connectivity index (χ0v) is 20.1. The maximum Gasteiger partial charge on any atom is 0.234 e. The normalized spacial score (nSPS) is 17.3. The van der Waals surface area contributed by atoms with Gasteiger partial charge in [0.05, 0.1) is 11.0 Å². The smallest absolute Gasteiger partial charge is 0.234 e. The Morgan fingerprint density at radius 3 is 2.45 bits per heavy atom. The van der Waals surface area contributed by atoms with Gasteiger partial charge in [0.25, 0.3) is 0 Å². The molecule has 0 aromatic heterocycles. The van der Waals surface area contributed by atoms with Gasteiger partial charge >= 0.3 is 0 Å². The third kappa shape index (κ3) is 5.82. The molecule has 2 N–H and O–H groups in total. The van der Waals surface area contributed by atoms with Gasteiger partial charge < -0.3 is 20.1 Å². The fraction of sp³-hybridized carbons (Fsp3) is 0.462. The van der Waals surface area contributed by atoms with Gasteiger partial charge in [-0.2, -0.15) is 0 Å². The Morgan fingerprint density at radius 1 is 1.03 bits per heavy atom.